The predicted molar refractivity (Wildman–Crippen MR) is 90.9 cm³/mol. The van der Waals surface area contributed by atoms with Gasteiger partial charge in [-0.15, -0.1) is 0 Å². The van der Waals surface area contributed by atoms with E-state index in [0.717, 1.165) is 23.4 Å². The highest BCUT2D eigenvalue weighted by Crippen LogP contribution is 2.45. The highest BCUT2D eigenvalue weighted by Gasteiger charge is 2.51. The summed E-state index contributed by atoms with van der Waals surface area (Å²) < 4.78 is 31.7. The number of aryl methyl sites for hydroxylation is 2. The monoisotopic (exact) mass is 372 g/mol. The Bertz CT molecular complexity index is 662. The van der Waals surface area contributed by atoms with Crippen molar-refractivity contribution in [3.63, 3.8) is 0 Å². The summed E-state index contributed by atoms with van der Waals surface area (Å²) in [6.45, 7) is 5.10. The first-order valence-electron chi connectivity index (χ1n) is 8.47. The maximum atomic E-state index is 12.5. The van der Waals surface area contributed by atoms with Crippen LogP contribution in [-0.2, 0) is 9.59 Å². The summed E-state index contributed by atoms with van der Waals surface area (Å²) in [5.74, 6) is -2.61. The van der Waals surface area contributed by atoms with E-state index >= 15 is 0 Å². The van der Waals surface area contributed by atoms with Crippen molar-refractivity contribution >= 4 is 17.6 Å². The molecule has 5 nitrogen and oxygen atoms in total. The Kier molecular flexibility index (Phi) is 5.95. The van der Waals surface area contributed by atoms with Crippen LogP contribution in [0.4, 0.5) is 18.9 Å². The third-order valence-corrected chi connectivity index (χ3v) is 5.10. The van der Waals surface area contributed by atoms with Crippen LogP contribution in [0.1, 0.15) is 36.8 Å². The average molecular weight is 372 g/mol. The molecule has 1 aromatic carbocycles. The van der Waals surface area contributed by atoms with Gasteiger partial charge in [-0.2, -0.15) is 13.2 Å². The number of nitrogens with one attached hydrogen (secondary N) is 2. The minimum Gasteiger partial charge on any atom is -0.475 e. The van der Waals surface area contributed by atoms with E-state index in [4.69, 9.17) is 9.90 Å². The molecular formula is C18H23F3N2O3. The third-order valence-electron chi connectivity index (χ3n) is 5.10. The molecule has 1 atom stereocenters. The van der Waals surface area contributed by atoms with Gasteiger partial charge in [-0.05, 0) is 37.8 Å². The lowest BCUT2D eigenvalue weighted by Gasteiger charge is -2.47. The van der Waals surface area contributed by atoms with Crippen molar-refractivity contribution in [3.8, 4) is 0 Å². The van der Waals surface area contributed by atoms with Crippen LogP contribution in [0.15, 0.2) is 18.2 Å². The van der Waals surface area contributed by atoms with E-state index in [0.29, 0.717) is 0 Å². The Balaban J connectivity index is 0.000000298. The molecule has 1 spiro atoms. The molecule has 1 heterocycles. The molecule has 144 valence electrons. The molecule has 1 aromatic rings. The number of benzene rings is 1. The lowest BCUT2D eigenvalue weighted by atomic mass is 9.71. The fourth-order valence-electron chi connectivity index (χ4n) is 3.62. The quantitative estimate of drug-likeness (QED) is 0.743. The first-order valence-corrected chi connectivity index (χ1v) is 8.47. The van der Waals surface area contributed by atoms with E-state index in [1.165, 1.54) is 25.7 Å². The number of rotatable bonds is 2. The van der Waals surface area contributed by atoms with Crippen LogP contribution in [0, 0.1) is 19.3 Å². The number of hydrogen-bond acceptors (Lipinski definition) is 3. The Morgan fingerprint density at radius 2 is 1.69 bits per heavy atom. The van der Waals surface area contributed by atoms with Gasteiger partial charge in [-0.3, -0.25) is 4.79 Å². The van der Waals surface area contributed by atoms with Crippen LogP contribution in [0.2, 0.25) is 0 Å². The summed E-state index contributed by atoms with van der Waals surface area (Å²) in [7, 11) is 0. The number of halogens is 3. The fraction of sp³-hybridized carbons (Fsp3) is 0.556. The molecule has 1 aliphatic carbocycles. The number of carboxylic acid groups (broad SMARTS) is 1. The molecule has 1 saturated carbocycles. The topological polar surface area (TPSA) is 78.4 Å². The SMILES string of the molecule is Cc1cccc(C)c1NC(=O)C1NCC12CCCC2.O=C(O)C(F)(F)F. The van der Waals surface area contributed by atoms with Crippen LogP contribution < -0.4 is 10.6 Å². The Hall–Kier alpha value is -2.09. The van der Waals surface area contributed by atoms with Crippen molar-refractivity contribution in [2.75, 3.05) is 11.9 Å². The zero-order chi connectivity index (χ0) is 19.5. The number of carboxylic acids is 1. The zero-order valence-electron chi connectivity index (χ0n) is 14.7. The Labute approximate surface area is 150 Å². The van der Waals surface area contributed by atoms with Crippen LogP contribution in [0.3, 0.4) is 0 Å². The van der Waals surface area contributed by atoms with Gasteiger partial charge in [0.1, 0.15) is 0 Å². The third kappa shape index (κ3) is 4.35. The highest BCUT2D eigenvalue weighted by atomic mass is 19.4. The number of alkyl halides is 3. The van der Waals surface area contributed by atoms with Gasteiger partial charge in [0.25, 0.3) is 0 Å². The maximum absolute atomic E-state index is 12.5. The molecular weight excluding hydrogens is 349 g/mol. The van der Waals surface area contributed by atoms with Crippen molar-refractivity contribution in [1.29, 1.82) is 0 Å². The number of carbonyl (C=O) groups excluding carboxylic acids is 1. The van der Waals surface area contributed by atoms with Gasteiger partial charge in [0.15, 0.2) is 0 Å². The molecule has 8 heteroatoms. The van der Waals surface area contributed by atoms with Crippen molar-refractivity contribution < 1.29 is 27.9 Å². The number of anilines is 1. The molecule has 2 fully saturated rings. The van der Waals surface area contributed by atoms with Crippen molar-refractivity contribution in [2.24, 2.45) is 5.41 Å². The first kappa shape index (κ1) is 20.2. The van der Waals surface area contributed by atoms with Gasteiger partial charge >= 0.3 is 12.1 Å². The second kappa shape index (κ2) is 7.65. The molecule has 2 aliphatic rings. The molecule has 26 heavy (non-hydrogen) atoms. The van der Waals surface area contributed by atoms with Crippen LogP contribution in [-0.4, -0.2) is 35.7 Å². The van der Waals surface area contributed by atoms with Crippen LogP contribution in [0.25, 0.3) is 0 Å². The molecule has 0 radical (unpaired) electrons. The van der Waals surface area contributed by atoms with E-state index in [2.05, 4.69) is 10.6 Å². The molecule has 3 N–H and O–H groups in total. The summed E-state index contributed by atoms with van der Waals surface area (Å²) in [4.78, 5) is 21.4. The number of aliphatic carboxylic acids is 1. The largest absolute Gasteiger partial charge is 0.490 e. The molecule has 1 aliphatic heterocycles. The van der Waals surface area contributed by atoms with Crippen molar-refractivity contribution in [3.05, 3.63) is 29.3 Å². The average Bonchev–Trinajstić information content (AvgIpc) is 3.02. The molecule has 0 bridgehead atoms. The summed E-state index contributed by atoms with van der Waals surface area (Å²) >= 11 is 0. The summed E-state index contributed by atoms with van der Waals surface area (Å²) in [5, 5.41) is 13.6. The predicted octanol–water partition coefficient (Wildman–Crippen LogP) is 3.41. The fourth-order valence-corrected chi connectivity index (χ4v) is 3.62. The van der Waals surface area contributed by atoms with E-state index in [1.807, 2.05) is 32.0 Å². The van der Waals surface area contributed by atoms with Gasteiger partial charge in [-0.25, -0.2) is 4.79 Å². The Morgan fingerprint density at radius 3 is 2.08 bits per heavy atom. The Morgan fingerprint density at radius 1 is 1.19 bits per heavy atom. The van der Waals surface area contributed by atoms with E-state index in [-0.39, 0.29) is 17.4 Å². The highest BCUT2D eigenvalue weighted by molar-refractivity contribution is 5.97. The van der Waals surface area contributed by atoms with Gasteiger partial charge in [0, 0.05) is 17.6 Å². The van der Waals surface area contributed by atoms with Crippen LogP contribution in [0.5, 0.6) is 0 Å². The van der Waals surface area contributed by atoms with Crippen molar-refractivity contribution in [2.45, 2.75) is 51.7 Å². The number of amides is 1. The van der Waals surface area contributed by atoms with Gasteiger partial charge < -0.3 is 15.7 Å². The summed E-state index contributed by atoms with van der Waals surface area (Å²) in [6, 6.07) is 6.12. The summed E-state index contributed by atoms with van der Waals surface area (Å²) in [5.41, 5.74) is 3.50. The zero-order valence-corrected chi connectivity index (χ0v) is 14.7. The molecule has 3 rings (SSSR count). The van der Waals surface area contributed by atoms with Gasteiger partial charge in [-0.1, -0.05) is 31.0 Å². The van der Waals surface area contributed by atoms with Crippen molar-refractivity contribution in [1.82, 2.24) is 5.32 Å². The van der Waals surface area contributed by atoms with Crippen LogP contribution >= 0.6 is 0 Å². The minimum atomic E-state index is -5.08. The first-order chi connectivity index (χ1) is 12.1. The normalized spacial score (nSPS) is 20.7. The standard InChI is InChI=1S/C16H22N2O.C2HF3O2/c1-11-6-5-7-12(2)13(11)18-15(19)14-16(10-17-14)8-3-4-9-16;3-2(4,5)1(6)7/h5-7,14,17H,3-4,8-10H2,1-2H3,(H,18,19);(H,6,7). The number of para-hydroxylation sites is 1. The second-order valence-electron chi connectivity index (χ2n) is 6.94. The van der Waals surface area contributed by atoms with E-state index in [1.54, 1.807) is 0 Å². The molecule has 0 aromatic heterocycles. The second-order valence-corrected chi connectivity index (χ2v) is 6.94. The lowest BCUT2D eigenvalue weighted by molar-refractivity contribution is -0.192. The van der Waals surface area contributed by atoms with E-state index < -0.39 is 12.1 Å². The summed E-state index contributed by atoms with van der Waals surface area (Å²) in [6.07, 6.45) is -0.139. The molecule has 1 saturated heterocycles. The lowest BCUT2D eigenvalue weighted by Crippen LogP contribution is -2.66. The maximum Gasteiger partial charge on any atom is 0.490 e. The smallest absolute Gasteiger partial charge is 0.475 e. The minimum absolute atomic E-state index is 0.00834. The molecule has 1 unspecified atom stereocenters. The number of hydrogen-bond donors (Lipinski definition) is 3. The van der Waals surface area contributed by atoms with E-state index in [9.17, 15) is 18.0 Å². The molecule has 1 amide bonds. The number of carbonyl (C=O) groups is 2. The van der Waals surface area contributed by atoms with Gasteiger partial charge in [0.05, 0.1) is 6.04 Å². The van der Waals surface area contributed by atoms with Gasteiger partial charge in [0.2, 0.25) is 5.91 Å².